The first-order valence-corrected chi connectivity index (χ1v) is 6.31. The molecule has 3 N–H and O–H groups in total. The zero-order chi connectivity index (χ0) is 11.4. The van der Waals surface area contributed by atoms with E-state index < -0.39 is 0 Å². The van der Waals surface area contributed by atoms with Crippen molar-refractivity contribution in [2.45, 2.75) is 44.1 Å². The van der Waals surface area contributed by atoms with Crippen LogP contribution in [0.4, 0.5) is 0 Å². The maximum absolute atomic E-state index is 11.7. The highest BCUT2D eigenvalue weighted by Gasteiger charge is 2.34. The topological polar surface area (TPSA) is 64.4 Å². The quantitative estimate of drug-likeness (QED) is 0.745. The van der Waals surface area contributed by atoms with Gasteiger partial charge in [0.15, 0.2) is 0 Å². The average Bonchev–Trinajstić information content (AvgIpc) is 2.26. The molecule has 1 aliphatic carbocycles. The second-order valence-electron chi connectivity index (χ2n) is 5.28. The van der Waals surface area contributed by atoms with Gasteiger partial charge in [0, 0.05) is 25.1 Å². The summed E-state index contributed by atoms with van der Waals surface area (Å²) in [4.78, 5) is 11.7. The molecule has 0 radical (unpaired) electrons. The van der Waals surface area contributed by atoms with Gasteiger partial charge in [-0.25, -0.2) is 0 Å². The van der Waals surface area contributed by atoms with Gasteiger partial charge in [-0.3, -0.25) is 4.79 Å². The second kappa shape index (κ2) is 5.15. The predicted octanol–water partition coefficient (Wildman–Crippen LogP) is 0.801. The lowest BCUT2D eigenvalue weighted by molar-refractivity contribution is -0.123. The number of carbonyl (C=O) groups excluding carboxylic acids is 1. The van der Waals surface area contributed by atoms with Gasteiger partial charge in [-0.05, 0) is 38.0 Å². The number of ether oxygens (including phenoxy) is 1. The van der Waals surface area contributed by atoms with E-state index in [0.717, 1.165) is 45.4 Å². The summed E-state index contributed by atoms with van der Waals surface area (Å²) in [6, 6.07) is 0. The fourth-order valence-electron chi connectivity index (χ4n) is 2.42. The van der Waals surface area contributed by atoms with Crippen molar-refractivity contribution in [3.8, 4) is 0 Å². The molecule has 4 heteroatoms. The fraction of sp³-hybridized carbons (Fsp3) is 0.917. The molecular formula is C12H22N2O2. The zero-order valence-corrected chi connectivity index (χ0v) is 9.84. The molecule has 1 aliphatic heterocycles. The van der Waals surface area contributed by atoms with Gasteiger partial charge in [-0.1, -0.05) is 0 Å². The summed E-state index contributed by atoms with van der Waals surface area (Å²) in [7, 11) is 0. The molecule has 1 saturated heterocycles. The van der Waals surface area contributed by atoms with Gasteiger partial charge >= 0.3 is 0 Å². The molecule has 1 saturated carbocycles. The number of amides is 1. The lowest BCUT2D eigenvalue weighted by Crippen LogP contribution is -2.50. The van der Waals surface area contributed by atoms with Gasteiger partial charge in [0.25, 0.3) is 0 Å². The number of nitrogens with two attached hydrogens (primary N) is 1. The summed E-state index contributed by atoms with van der Waals surface area (Å²) in [6.07, 6.45) is 5.91. The fourth-order valence-corrected chi connectivity index (χ4v) is 2.42. The van der Waals surface area contributed by atoms with Crippen LogP contribution in [-0.2, 0) is 9.53 Å². The van der Waals surface area contributed by atoms with Crippen LogP contribution in [0.2, 0.25) is 0 Å². The van der Waals surface area contributed by atoms with Crippen molar-refractivity contribution in [2.75, 3.05) is 19.8 Å². The van der Waals surface area contributed by atoms with Gasteiger partial charge in [-0.2, -0.15) is 0 Å². The molecule has 92 valence electrons. The highest BCUT2D eigenvalue weighted by molar-refractivity contribution is 5.77. The Balaban J connectivity index is 1.63. The van der Waals surface area contributed by atoms with Crippen LogP contribution < -0.4 is 11.1 Å². The van der Waals surface area contributed by atoms with E-state index in [1.54, 1.807) is 0 Å². The number of rotatable bonds is 4. The summed E-state index contributed by atoms with van der Waals surface area (Å²) in [5, 5.41) is 2.98. The molecule has 4 nitrogen and oxygen atoms in total. The Morgan fingerprint density at radius 3 is 2.81 bits per heavy atom. The van der Waals surface area contributed by atoms with E-state index in [1.165, 1.54) is 6.42 Å². The molecule has 2 fully saturated rings. The van der Waals surface area contributed by atoms with Crippen molar-refractivity contribution in [1.82, 2.24) is 5.32 Å². The van der Waals surface area contributed by atoms with Crippen LogP contribution >= 0.6 is 0 Å². The SMILES string of the molecule is NC1(CC(=O)NCC2CCCOC2)CCC1. The molecule has 1 unspecified atom stereocenters. The first-order chi connectivity index (χ1) is 7.68. The molecule has 0 spiro atoms. The zero-order valence-electron chi connectivity index (χ0n) is 9.84. The molecular weight excluding hydrogens is 204 g/mol. The lowest BCUT2D eigenvalue weighted by atomic mass is 9.75. The van der Waals surface area contributed by atoms with Gasteiger partial charge in [0.05, 0.1) is 6.61 Å². The van der Waals surface area contributed by atoms with E-state index in [0.29, 0.717) is 12.3 Å². The van der Waals surface area contributed by atoms with Crippen LogP contribution in [0.1, 0.15) is 38.5 Å². The number of carbonyl (C=O) groups is 1. The molecule has 1 amide bonds. The van der Waals surface area contributed by atoms with Gasteiger partial charge in [0.2, 0.25) is 5.91 Å². The van der Waals surface area contributed by atoms with Crippen molar-refractivity contribution in [2.24, 2.45) is 11.7 Å². The Morgan fingerprint density at radius 1 is 1.44 bits per heavy atom. The monoisotopic (exact) mass is 226 g/mol. The predicted molar refractivity (Wildman–Crippen MR) is 61.9 cm³/mol. The maximum atomic E-state index is 11.7. The maximum Gasteiger partial charge on any atom is 0.221 e. The number of hydrogen-bond acceptors (Lipinski definition) is 3. The highest BCUT2D eigenvalue weighted by atomic mass is 16.5. The Hall–Kier alpha value is -0.610. The van der Waals surface area contributed by atoms with E-state index in [2.05, 4.69) is 5.32 Å². The summed E-state index contributed by atoms with van der Waals surface area (Å²) in [6.45, 7) is 2.40. The molecule has 0 aromatic rings. The lowest BCUT2D eigenvalue weighted by Gasteiger charge is -2.37. The van der Waals surface area contributed by atoms with Gasteiger partial charge in [-0.15, -0.1) is 0 Å². The second-order valence-corrected chi connectivity index (χ2v) is 5.28. The Labute approximate surface area is 96.9 Å². The Bertz CT molecular complexity index is 245. The van der Waals surface area contributed by atoms with Gasteiger partial charge in [0.1, 0.15) is 0 Å². The van der Waals surface area contributed by atoms with Crippen LogP contribution in [0.15, 0.2) is 0 Å². The summed E-state index contributed by atoms with van der Waals surface area (Å²) >= 11 is 0. The molecule has 1 heterocycles. The minimum atomic E-state index is -0.201. The first-order valence-electron chi connectivity index (χ1n) is 6.31. The third kappa shape index (κ3) is 3.19. The normalized spacial score (nSPS) is 28.2. The number of nitrogens with one attached hydrogen (secondary N) is 1. The van der Waals surface area contributed by atoms with Crippen LogP contribution in [0.5, 0.6) is 0 Å². The molecule has 2 aliphatic rings. The Morgan fingerprint density at radius 2 is 2.25 bits per heavy atom. The van der Waals surface area contributed by atoms with Crippen molar-refractivity contribution in [1.29, 1.82) is 0 Å². The Kier molecular flexibility index (Phi) is 3.82. The molecule has 0 bridgehead atoms. The third-order valence-corrected chi connectivity index (χ3v) is 3.70. The van der Waals surface area contributed by atoms with Crippen molar-refractivity contribution in [3.63, 3.8) is 0 Å². The van der Waals surface area contributed by atoms with E-state index >= 15 is 0 Å². The molecule has 16 heavy (non-hydrogen) atoms. The molecule has 2 rings (SSSR count). The van der Waals surface area contributed by atoms with Crippen molar-refractivity contribution in [3.05, 3.63) is 0 Å². The summed E-state index contributed by atoms with van der Waals surface area (Å²) in [5.41, 5.74) is 5.83. The molecule has 0 aromatic carbocycles. The first kappa shape index (κ1) is 11.9. The minimum Gasteiger partial charge on any atom is -0.381 e. The summed E-state index contributed by atoms with van der Waals surface area (Å²) < 4.78 is 5.37. The average molecular weight is 226 g/mol. The minimum absolute atomic E-state index is 0.104. The summed E-state index contributed by atoms with van der Waals surface area (Å²) in [5.74, 6) is 0.598. The standard InChI is InChI=1S/C12H22N2O2/c13-12(4-2-5-12)7-11(15)14-8-10-3-1-6-16-9-10/h10H,1-9,13H2,(H,14,15). The van der Waals surface area contributed by atoms with Gasteiger partial charge < -0.3 is 15.8 Å². The molecule has 1 atom stereocenters. The smallest absolute Gasteiger partial charge is 0.221 e. The van der Waals surface area contributed by atoms with E-state index in [1.807, 2.05) is 0 Å². The third-order valence-electron chi connectivity index (χ3n) is 3.70. The highest BCUT2D eigenvalue weighted by Crippen LogP contribution is 2.31. The van der Waals surface area contributed by atoms with E-state index in [9.17, 15) is 4.79 Å². The van der Waals surface area contributed by atoms with Crippen molar-refractivity contribution < 1.29 is 9.53 Å². The van der Waals surface area contributed by atoms with Crippen LogP contribution in [0.3, 0.4) is 0 Å². The molecule has 0 aromatic heterocycles. The van der Waals surface area contributed by atoms with Crippen LogP contribution in [-0.4, -0.2) is 31.2 Å². The van der Waals surface area contributed by atoms with Crippen LogP contribution in [0, 0.1) is 5.92 Å². The van der Waals surface area contributed by atoms with Crippen molar-refractivity contribution >= 4 is 5.91 Å². The largest absolute Gasteiger partial charge is 0.381 e. The van der Waals surface area contributed by atoms with Crippen LogP contribution in [0.25, 0.3) is 0 Å². The van der Waals surface area contributed by atoms with E-state index in [4.69, 9.17) is 10.5 Å². The van der Waals surface area contributed by atoms with E-state index in [-0.39, 0.29) is 11.4 Å². The number of hydrogen-bond donors (Lipinski definition) is 2.